The minimum Gasteiger partial charge on any atom is -0.465 e. The molecule has 0 saturated carbocycles. The fourth-order valence-electron chi connectivity index (χ4n) is 5.00. The van der Waals surface area contributed by atoms with Gasteiger partial charge in [-0.3, -0.25) is 4.79 Å². The van der Waals surface area contributed by atoms with Crippen molar-refractivity contribution in [1.29, 1.82) is 0 Å². The van der Waals surface area contributed by atoms with Gasteiger partial charge in [0.2, 0.25) is 0 Å². The van der Waals surface area contributed by atoms with E-state index in [1.807, 2.05) is 32.0 Å². The second-order valence-electron chi connectivity index (χ2n) is 10.3. The first-order valence-electron chi connectivity index (χ1n) is 13.4. The van der Waals surface area contributed by atoms with E-state index in [0.717, 1.165) is 58.7 Å². The zero-order valence-corrected chi connectivity index (χ0v) is 23.1. The molecule has 39 heavy (non-hydrogen) atoms. The topological polar surface area (TPSA) is 93.7 Å². The summed E-state index contributed by atoms with van der Waals surface area (Å²) >= 11 is 1.69. The Morgan fingerprint density at radius 2 is 1.92 bits per heavy atom. The molecule has 7 nitrogen and oxygen atoms in total. The average molecular weight is 543 g/mol. The molecule has 0 aliphatic carbocycles. The van der Waals surface area contributed by atoms with E-state index >= 15 is 0 Å². The molecule has 0 radical (unpaired) electrons. The van der Waals surface area contributed by atoms with Crippen LogP contribution in [0.5, 0.6) is 0 Å². The molecule has 1 atom stereocenters. The van der Waals surface area contributed by atoms with Crippen LogP contribution in [0.2, 0.25) is 0 Å². The molecule has 2 amide bonds. The molecule has 5 rings (SSSR count). The smallest absolute Gasteiger partial charge is 0.407 e. The average Bonchev–Trinajstić information content (AvgIpc) is 3.45. The molecule has 3 heterocycles. The number of amides is 2. The lowest BCUT2D eigenvalue weighted by atomic mass is 9.96. The maximum Gasteiger partial charge on any atom is 0.407 e. The number of likely N-dealkylation sites (tertiary alicyclic amines) is 1. The molecule has 4 N–H and O–H groups in total. The molecule has 2 aromatic carbocycles. The molecular formula is C31H34N4O3S. The standard InChI is InChI=1S/C31H34N4O3S/c1-20-5-10-25(34-26-18-35(19-26)31(37)38)17-27(20)30(36)33-21(2)24-9-8-23(7-6-22-11-13-32-14-12-22)28(16-24)29-4-3-15-39-29/h3-5,8-10,15-17,21-22,26,32,34H,11-14,18-19H2,1-2H3,(H,33,36)(H,37,38). The number of benzene rings is 2. The second kappa shape index (κ2) is 11.9. The maximum absolute atomic E-state index is 13.3. The van der Waals surface area contributed by atoms with E-state index in [0.29, 0.717) is 24.6 Å². The highest BCUT2D eigenvalue weighted by Crippen LogP contribution is 2.31. The molecule has 0 bridgehead atoms. The number of carboxylic acid groups (broad SMARTS) is 1. The van der Waals surface area contributed by atoms with Crippen LogP contribution in [-0.4, -0.2) is 54.2 Å². The summed E-state index contributed by atoms with van der Waals surface area (Å²) in [5, 5.41) is 21.0. The summed E-state index contributed by atoms with van der Waals surface area (Å²) in [6, 6.07) is 16.0. The van der Waals surface area contributed by atoms with Crippen LogP contribution < -0.4 is 16.0 Å². The van der Waals surface area contributed by atoms with Gasteiger partial charge in [-0.05, 0) is 86.6 Å². The summed E-state index contributed by atoms with van der Waals surface area (Å²) in [7, 11) is 0. The summed E-state index contributed by atoms with van der Waals surface area (Å²) in [4.78, 5) is 26.9. The van der Waals surface area contributed by atoms with Crippen molar-refractivity contribution in [2.45, 2.75) is 38.8 Å². The molecule has 2 saturated heterocycles. The number of carbonyl (C=O) groups excluding carboxylic acids is 1. The van der Waals surface area contributed by atoms with Gasteiger partial charge in [-0.1, -0.05) is 30.0 Å². The Morgan fingerprint density at radius 1 is 1.13 bits per heavy atom. The molecule has 2 aliphatic heterocycles. The number of hydrogen-bond acceptors (Lipinski definition) is 5. The molecular weight excluding hydrogens is 508 g/mol. The highest BCUT2D eigenvalue weighted by atomic mass is 32.1. The lowest BCUT2D eigenvalue weighted by molar-refractivity contribution is 0.0939. The van der Waals surface area contributed by atoms with Crippen LogP contribution in [0.1, 0.15) is 52.9 Å². The van der Waals surface area contributed by atoms with Crippen LogP contribution in [0.4, 0.5) is 10.5 Å². The Hall–Kier alpha value is -3.80. The third kappa shape index (κ3) is 6.44. The van der Waals surface area contributed by atoms with E-state index in [1.54, 1.807) is 11.3 Å². The van der Waals surface area contributed by atoms with Crippen LogP contribution in [0, 0.1) is 24.7 Å². The number of rotatable bonds is 6. The highest BCUT2D eigenvalue weighted by Gasteiger charge is 2.30. The minimum atomic E-state index is -0.907. The predicted octanol–water partition coefficient (Wildman–Crippen LogP) is 5.34. The lowest BCUT2D eigenvalue weighted by Crippen LogP contribution is -2.56. The summed E-state index contributed by atoms with van der Waals surface area (Å²) in [6.45, 7) is 6.84. The minimum absolute atomic E-state index is 0.0470. The Balaban J connectivity index is 1.30. The van der Waals surface area contributed by atoms with Crippen LogP contribution in [0.3, 0.4) is 0 Å². The van der Waals surface area contributed by atoms with Gasteiger partial charge >= 0.3 is 6.09 Å². The number of nitrogens with zero attached hydrogens (tertiary/aromatic N) is 1. The molecule has 3 aromatic rings. The quantitative estimate of drug-likeness (QED) is 0.316. The molecule has 2 fully saturated rings. The third-order valence-electron chi connectivity index (χ3n) is 7.43. The number of hydrogen-bond donors (Lipinski definition) is 4. The van der Waals surface area contributed by atoms with Crippen molar-refractivity contribution in [3.05, 3.63) is 76.2 Å². The van der Waals surface area contributed by atoms with Crippen molar-refractivity contribution < 1.29 is 14.7 Å². The number of anilines is 1. The summed E-state index contributed by atoms with van der Waals surface area (Å²) in [5.74, 6) is 7.23. The molecule has 202 valence electrons. The first-order valence-corrected chi connectivity index (χ1v) is 14.3. The number of nitrogens with one attached hydrogen (secondary N) is 3. The predicted molar refractivity (Wildman–Crippen MR) is 156 cm³/mol. The van der Waals surface area contributed by atoms with Crippen LogP contribution in [0.15, 0.2) is 53.9 Å². The van der Waals surface area contributed by atoms with Crippen LogP contribution >= 0.6 is 11.3 Å². The first kappa shape index (κ1) is 26.8. The van der Waals surface area contributed by atoms with Gasteiger partial charge in [-0.25, -0.2) is 4.79 Å². The van der Waals surface area contributed by atoms with Crippen LogP contribution in [0.25, 0.3) is 10.4 Å². The van der Waals surface area contributed by atoms with Gasteiger partial charge < -0.3 is 26.0 Å². The zero-order valence-electron chi connectivity index (χ0n) is 22.3. The summed E-state index contributed by atoms with van der Waals surface area (Å²) < 4.78 is 0. The van der Waals surface area contributed by atoms with E-state index in [1.165, 1.54) is 4.90 Å². The van der Waals surface area contributed by atoms with Crippen LogP contribution in [-0.2, 0) is 0 Å². The first-order chi connectivity index (χ1) is 18.9. The number of aryl methyl sites for hydroxylation is 1. The van der Waals surface area contributed by atoms with Gasteiger partial charge in [-0.2, -0.15) is 0 Å². The number of thiophene rings is 1. The summed E-state index contributed by atoms with van der Waals surface area (Å²) in [5.41, 5.74) is 5.44. The van der Waals surface area contributed by atoms with Gasteiger partial charge in [0.05, 0.1) is 12.1 Å². The van der Waals surface area contributed by atoms with Gasteiger partial charge in [0, 0.05) is 46.3 Å². The third-order valence-corrected chi connectivity index (χ3v) is 8.34. The van der Waals surface area contributed by atoms with E-state index in [9.17, 15) is 9.59 Å². The van der Waals surface area contributed by atoms with Gasteiger partial charge in [-0.15, -0.1) is 11.3 Å². The Morgan fingerprint density at radius 3 is 2.64 bits per heavy atom. The number of piperidine rings is 1. The zero-order chi connectivity index (χ0) is 27.4. The van der Waals surface area contributed by atoms with Gasteiger partial charge in [0.15, 0.2) is 0 Å². The van der Waals surface area contributed by atoms with E-state index in [2.05, 4.69) is 63.5 Å². The SMILES string of the molecule is Cc1ccc(NC2CN(C(=O)O)C2)cc1C(=O)NC(C)c1ccc(C#CC2CCNCC2)c(-c2cccs2)c1. The van der Waals surface area contributed by atoms with Crippen molar-refractivity contribution in [1.82, 2.24) is 15.5 Å². The van der Waals surface area contributed by atoms with Crippen molar-refractivity contribution in [3.63, 3.8) is 0 Å². The Kier molecular flexibility index (Phi) is 8.20. The summed E-state index contributed by atoms with van der Waals surface area (Å²) in [6.07, 6.45) is 1.26. The number of carbonyl (C=O) groups is 2. The van der Waals surface area contributed by atoms with E-state index < -0.39 is 6.09 Å². The van der Waals surface area contributed by atoms with Gasteiger partial charge in [0.1, 0.15) is 0 Å². The van der Waals surface area contributed by atoms with Crippen molar-refractivity contribution in [2.24, 2.45) is 5.92 Å². The largest absolute Gasteiger partial charge is 0.465 e. The van der Waals surface area contributed by atoms with E-state index in [4.69, 9.17) is 5.11 Å². The normalized spacial score (nSPS) is 16.5. The molecule has 2 aliphatic rings. The fraction of sp³-hybridized carbons (Fsp3) is 0.355. The van der Waals surface area contributed by atoms with Crippen molar-refractivity contribution in [2.75, 3.05) is 31.5 Å². The Labute approximate surface area is 233 Å². The monoisotopic (exact) mass is 542 g/mol. The maximum atomic E-state index is 13.3. The molecule has 0 spiro atoms. The molecule has 1 unspecified atom stereocenters. The van der Waals surface area contributed by atoms with Crippen molar-refractivity contribution in [3.8, 4) is 22.3 Å². The molecule has 8 heteroatoms. The van der Waals surface area contributed by atoms with Crippen molar-refractivity contribution >= 4 is 29.0 Å². The molecule has 1 aromatic heterocycles. The Bertz CT molecular complexity index is 1400. The lowest BCUT2D eigenvalue weighted by Gasteiger charge is -2.38. The highest BCUT2D eigenvalue weighted by molar-refractivity contribution is 7.13. The van der Waals surface area contributed by atoms with Gasteiger partial charge in [0.25, 0.3) is 5.91 Å². The van der Waals surface area contributed by atoms with E-state index in [-0.39, 0.29) is 18.0 Å². The fourth-order valence-corrected chi connectivity index (χ4v) is 5.75. The second-order valence-corrected chi connectivity index (χ2v) is 11.3.